The predicted molar refractivity (Wildman–Crippen MR) is 113 cm³/mol. The van der Waals surface area contributed by atoms with Crippen LogP contribution in [0.3, 0.4) is 0 Å². The summed E-state index contributed by atoms with van der Waals surface area (Å²) in [5.41, 5.74) is 5.61. The normalized spacial score (nSPS) is 15.1. The summed E-state index contributed by atoms with van der Waals surface area (Å²) in [4.78, 5) is 8.90. The van der Waals surface area contributed by atoms with Crippen LogP contribution in [0.2, 0.25) is 0 Å². The Morgan fingerprint density at radius 2 is 1.94 bits per heavy atom. The van der Waals surface area contributed by atoms with Crippen molar-refractivity contribution >= 4 is 11.3 Å². The van der Waals surface area contributed by atoms with Gasteiger partial charge in [-0.1, -0.05) is 17.3 Å². The van der Waals surface area contributed by atoms with E-state index in [1.807, 2.05) is 35.1 Å². The predicted octanol–water partition coefficient (Wildman–Crippen LogP) is 2.28. The monoisotopic (exact) mass is 414 g/mol. The van der Waals surface area contributed by atoms with Gasteiger partial charge in [0.15, 0.2) is 6.23 Å². The second-order valence-corrected chi connectivity index (χ2v) is 8.09. The van der Waals surface area contributed by atoms with Gasteiger partial charge < -0.3 is 13.9 Å². The van der Waals surface area contributed by atoms with Crippen LogP contribution in [0.4, 0.5) is 0 Å². The smallest absolute Gasteiger partial charge is 0.151 e. The molecule has 2 N–H and O–H groups in total. The van der Waals surface area contributed by atoms with E-state index in [2.05, 4.69) is 48.3 Å². The fraction of sp³-hybridized carbons (Fsp3) is 0.273. The van der Waals surface area contributed by atoms with E-state index in [9.17, 15) is 5.11 Å². The number of hydrogen-bond acceptors (Lipinski definition) is 6. The van der Waals surface area contributed by atoms with Gasteiger partial charge in [0.1, 0.15) is 17.0 Å². The summed E-state index contributed by atoms with van der Waals surface area (Å²) in [5.74, 6) is 0.712. The van der Waals surface area contributed by atoms with Crippen molar-refractivity contribution in [2.24, 2.45) is 0 Å². The summed E-state index contributed by atoms with van der Waals surface area (Å²) in [6, 6.07) is 8.17. The molecule has 6 rings (SSSR count). The molecule has 1 aliphatic rings. The number of pyridine rings is 2. The number of nitrogens with one attached hydrogen (secondary N) is 1. The van der Waals surface area contributed by atoms with E-state index in [1.165, 1.54) is 18.4 Å². The zero-order valence-corrected chi connectivity index (χ0v) is 16.8. The maximum atomic E-state index is 10.5. The van der Waals surface area contributed by atoms with E-state index < -0.39 is 6.23 Å². The first-order chi connectivity index (χ1) is 15.2. The molecule has 1 unspecified atom stereocenters. The Hall–Kier alpha value is -3.56. The molecule has 1 atom stereocenters. The largest absolute Gasteiger partial charge is 0.373 e. The number of aliphatic hydroxyl groups excluding tert-OH is 1. The van der Waals surface area contributed by atoms with Crippen LogP contribution < -0.4 is 5.32 Å². The van der Waals surface area contributed by atoms with Crippen molar-refractivity contribution in [3.05, 3.63) is 84.0 Å². The van der Waals surface area contributed by atoms with Crippen LogP contribution in [0, 0.1) is 0 Å². The Morgan fingerprint density at radius 1 is 1.03 bits per heavy atom. The Balaban J connectivity index is 1.11. The van der Waals surface area contributed by atoms with Crippen LogP contribution in [0.1, 0.15) is 47.5 Å². The van der Waals surface area contributed by atoms with Gasteiger partial charge in [-0.05, 0) is 42.0 Å². The van der Waals surface area contributed by atoms with Crippen molar-refractivity contribution in [2.75, 3.05) is 0 Å². The Morgan fingerprint density at radius 3 is 2.84 bits per heavy atom. The fourth-order valence-corrected chi connectivity index (χ4v) is 3.87. The summed E-state index contributed by atoms with van der Waals surface area (Å²) < 4.78 is 5.72. The Bertz CT molecular complexity index is 1360. The van der Waals surface area contributed by atoms with Crippen LogP contribution >= 0.6 is 0 Å². The summed E-state index contributed by atoms with van der Waals surface area (Å²) in [7, 11) is 0. The van der Waals surface area contributed by atoms with Crippen molar-refractivity contribution in [3.8, 4) is 0 Å². The zero-order valence-electron chi connectivity index (χ0n) is 16.8. The minimum absolute atomic E-state index is 0.475. The second kappa shape index (κ2) is 7.29. The standard InChI is InChI=1S/C22H22N8O/c31-22(24-9-15-1-5-20-23-7-8-28(20)10-15)19-14-30(27-26-19)13-18-12-29-11-17(16-2-3-16)4-6-21(29)25-18/h1,4-8,10-12,14,16,22,24,31H,2-3,9,13H2. The van der Waals surface area contributed by atoms with Crippen molar-refractivity contribution in [1.29, 1.82) is 0 Å². The highest BCUT2D eigenvalue weighted by Crippen LogP contribution is 2.39. The summed E-state index contributed by atoms with van der Waals surface area (Å²) in [6.45, 7) is 0.995. The summed E-state index contributed by atoms with van der Waals surface area (Å²) >= 11 is 0. The number of rotatable bonds is 7. The quantitative estimate of drug-likeness (QED) is 0.397. The van der Waals surface area contributed by atoms with Gasteiger partial charge in [0, 0.05) is 37.5 Å². The summed E-state index contributed by atoms with van der Waals surface area (Å²) in [6.07, 6.45) is 13.2. The van der Waals surface area contributed by atoms with Crippen molar-refractivity contribution in [3.63, 3.8) is 0 Å². The van der Waals surface area contributed by atoms with Crippen LogP contribution in [-0.4, -0.2) is 38.9 Å². The number of hydrogen-bond donors (Lipinski definition) is 2. The third-order valence-electron chi connectivity index (χ3n) is 5.68. The molecule has 5 aromatic heterocycles. The van der Waals surface area contributed by atoms with E-state index in [4.69, 9.17) is 0 Å². The van der Waals surface area contributed by atoms with Crippen LogP contribution in [0.25, 0.3) is 11.3 Å². The average Bonchev–Trinajstić information content (AvgIpc) is 3.17. The van der Waals surface area contributed by atoms with E-state index in [0.717, 1.165) is 22.6 Å². The molecule has 0 bridgehead atoms. The van der Waals surface area contributed by atoms with Gasteiger partial charge in [-0.25, -0.2) is 14.6 Å². The Labute approximate surface area is 178 Å². The minimum Gasteiger partial charge on any atom is -0.373 e. The number of fused-ring (bicyclic) bond motifs is 2. The molecular formula is C22H22N8O. The van der Waals surface area contributed by atoms with Crippen LogP contribution in [0.5, 0.6) is 0 Å². The third-order valence-corrected chi connectivity index (χ3v) is 5.68. The highest BCUT2D eigenvalue weighted by molar-refractivity contribution is 5.43. The molecule has 0 amide bonds. The lowest BCUT2D eigenvalue weighted by atomic mass is 10.2. The number of aromatic nitrogens is 7. The molecule has 5 heterocycles. The molecule has 9 nitrogen and oxygen atoms in total. The molecule has 156 valence electrons. The maximum absolute atomic E-state index is 10.5. The lowest BCUT2D eigenvalue weighted by Crippen LogP contribution is -2.21. The van der Waals surface area contributed by atoms with E-state index >= 15 is 0 Å². The first-order valence-corrected chi connectivity index (χ1v) is 10.4. The van der Waals surface area contributed by atoms with Crippen molar-refractivity contribution in [1.82, 2.24) is 39.1 Å². The molecule has 5 aromatic rings. The molecule has 1 saturated carbocycles. The topological polar surface area (TPSA) is 97.6 Å². The number of nitrogens with zero attached hydrogens (tertiary/aromatic N) is 7. The van der Waals surface area contributed by atoms with Crippen molar-refractivity contribution < 1.29 is 5.11 Å². The molecule has 1 aliphatic carbocycles. The SMILES string of the molecule is OC(NCc1ccc2nccn2c1)c1cn(Cc2cn3cc(C4CC4)ccc3n2)nn1. The molecule has 1 fully saturated rings. The van der Waals surface area contributed by atoms with Crippen LogP contribution in [-0.2, 0) is 13.1 Å². The molecule has 31 heavy (non-hydrogen) atoms. The lowest BCUT2D eigenvalue weighted by Gasteiger charge is -2.10. The average molecular weight is 414 g/mol. The van der Waals surface area contributed by atoms with E-state index in [1.54, 1.807) is 17.1 Å². The van der Waals surface area contributed by atoms with Gasteiger partial charge in [-0.3, -0.25) is 5.32 Å². The highest BCUT2D eigenvalue weighted by Gasteiger charge is 2.23. The molecular weight excluding hydrogens is 392 g/mol. The van der Waals surface area contributed by atoms with Gasteiger partial charge in [0.05, 0.1) is 18.4 Å². The second-order valence-electron chi connectivity index (χ2n) is 8.09. The molecule has 0 aromatic carbocycles. The van der Waals surface area contributed by atoms with Crippen molar-refractivity contribution in [2.45, 2.75) is 38.1 Å². The molecule has 0 spiro atoms. The molecule has 0 saturated heterocycles. The van der Waals surface area contributed by atoms with Gasteiger partial charge in [-0.2, -0.15) is 0 Å². The molecule has 9 heteroatoms. The summed E-state index contributed by atoms with van der Waals surface area (Å²) in [5, 5.41) is 21.8. The molecule has 0 radical (unpaired) electrons. The first kappa shape index (κ1) is 18.2. The fourth-order valence-electron chi connectivity index (χ4n) is 3.87. The lowest BCUT2D eigenvalue weighted by molar-refractivity contribution is 0.132. The third kappa shape index (κ3) is 3.69. The van der Waals surface area contributed by atoms with Crippen LogP contribution in [0.15, 0.2) is 61.4 Å². The van der Waals surface area contributed by atoms with E-state index in [-0.39, 0.29) is 0 Å². The van der Waals surface area contributed by atoms with Gasteiger partial charge in [-0.15, -0.1) is 5.10 Å². The highest BCUT2D eigenvalue weighted by atomic mass is 16.3. The molecule has 0 aliphatic heterocycles. The number of aliphatic hydroxyl groups is 1. The Kier molecular flexibility index (Phi) is 4.29. The van der Waals surface area contributed by atoms with Gasteiger partial charge in [0.2, 0.25) is 0 Å². The minimum atomic E-state index is -0.908. The van der Waals surface area contributed by atoms with E-state index in [0.29, 0.717) is 24.7 Å². The van der Waals surface area contributed by atoms with Gasteiger partial charge >= 0.3 is 0 Å². The first-order valence-electron chi connectivity index (χ1n) is 10.4. The maximum Gasteiger partial charge on any atom is 0.151 e. The van der Waals surface area contributed by atoms with Gasteiger partial charge in [0.25, 0.3) is 0 Å². The number of imidazole rings is 2. The zero-order chi connectivity index (χ0) is 20.8.